The van der Waals surface area contributed by atoms with Crippen molar-refractivity contribution in [3.63, 3.8) is 0 Å². The van der Waals surface area contributed by atoms with Gasteiger partial charge in [0.2, 0.25) is 11.8 Å². The van der Waals surface area contributed by atoms with Crippen molar-refractivity contribution in [3.8, 4) is 0 Å². The third-order valence-electron chi connectivity index (χ3n) is 6.95. The monoisotopic (exact) mass is 464 g/mol. The van der Waals surface area contributed by atoms with E-state index in [1.54, 1.807) is 76.5 Å². The highest BCUT2D eigenvalue weighted by Crippen LogP contribution is 2.61. The second-order valence-corrected chi connectivity index (χ2v) is 8.54. The van der Waals surface area contributed by atoms with Crippen LogP contribution in [0.2, 0.25) is 0 Å². The minimum atomic E-state index is -1.70. The van der Waals surface area contributed by atoms with Crippen LogP contribution in [0.4, 0.5) is 11.4 Å². The fourth-order valence-corrected chi connectivity index (χ4v) is 5.60. The van der Waals surface area contributed by atoms with E-state index < -0.39 is 47.4 Å². The van der Waals surface area contributed by atoms with E-state index in [2.05, 4.69) is 0 Å². The van der Waals surface area contributed by atoms with Crippen LogP contribution < -0.4 is 9.80 Å². The molecule has 0 fully saturated rings. The average Bonchev–Trinajstić information content (AvgIpc) is 3.17. The molecule has 2 heterocycles. The molecule has 0 spiro atoms. The van der Waals surface area contributed by atoms with Crippen LogP contribution in [0.3, 0.4) is 0 Å². The Morgan fingerprint density at radius 1 is 0.706 bits per heavy atom. The molecule has 4 rings (SSSR count). The summed E-state index contributed by atoms with van der Waals surface area (Å²) in [7, 11) is 3.22. The summed E-state index contributed by atoms with van der Waals surface area (Å²) < 4.78 is 10.6. The lowest BCUT2D eigenvalue weighted by Gasteiger charge is -2.43. The highest BCUT2D eigenvalue weighted by molar-refractivity contribution is 6.20. The summed E-state index contributed by atoms with van der Waals surface area (Å²) in [5.41, 5.74) is -1.21. The number of amides is 2. The van der Waals surface area contributed by atoms with Gasteiger partial charge < -0.3 is 19.3 Å². The normalized spacial score (nSPS) is 23.1. The van der Waals surface area contributed by atoms with Crippen molar-refractivity contribution >= 4 is 35.1 Å². The molecule has 8 heteroatoms. The van der Waals surface area contributed by atoms with E-state index >= 15 is 0 Å². The van der Waals surface area contributed by atoms with Crippen LogP contribution >= 0.6 is 0 Å². The van der Waals surface area contributed by atoms with Crippen molar-refractivity contribution in [3.05, 3.63) is 59.7 Å². The Kier molecular flexibility index (Phi) is 5.93. The van der Waals surface area contributed by atoms with Crippen LogP contribution in [-0.2, 0) is 39.5 Å². The highest BCUT2D eigenvalue weighted by Gasteiger charge is 2.71. The first-order valence-corrected chi connectivity index (χ1v) is 11.3. The van der Waals surface area contributed by atoms with Crippen molar-refractivity contribution in [2.75, 3.05) is 37.1 Å². The lowest BCUT2D eigenvalue weighted by Crippen LogP contribution is -2.61. The van der Waals surface area contributed by atoms with Gasteiger partial charge in [-0.1, -0.05) is 36.4 Å². The number of fused-ring (bicyclic) bond motifs is 2. The summed E-state index contributed by atoms with van der Waals surface area (Å²) in [6.07, 6.45) is -0.789. The Bertz CT molecular complexity index is 1090. The topological polar surface area (TPSA) is 93.2 Å². The number of esters is 2. The summed E-state index contributed by atoms with van der Waals surface area (Å²) in [5, 5.41) is 0. The smallest absolute Gasteiger partial charge is 0.307 e. The maximum absolute atomic E-state index is 14.2. The number of nitrogens with zero attached hydrogens (tertiary/aromatic N) is 2. The molecule has 0 N–H and O–H groups in total. The Morgan fingerprint density at radius 2 is 1.06 bits per heavy atom. The number of anilines is 2. The van der Waals surface area contributed by atoms with Gasteiger partial charge in [-0.25, -0.2) is 0 Å². The first kappa shape index (κ1) is 23.5. The molecule has 0 aliphatic carbocycles. The Labute approximate surface area is 198 Å². The van der Waals surface area contributed by atoms with E-state index in [4.69, 9.17) is 9.47 Å². The maximum Gasteiger partial charge on any atom is 0.307 e. The van der Waals surface area contributed by atoms with Crippen LogP contribution in [0.5, 0.6) is 0 Å². The SMILES string of the molecule is CCOC(=O)C[C@]1([C@@]2(CC(=O)OCC)C(=O)N(C)c3ccccc32)C(=O)N(C)c2ccccc21. The number of para-hydroxylation sites is 2. The number of ether oxygens (including phenoxy) is 2. The molecule has 2 aromatic rings. The van der Waals surface area contributed by atoms with Gasteiger partial charge in [0.1, 0.15) is 10.8 Å². The minimum absolute atomic E-state index is 0.121. The Balaban J connectivity index is 2.10. The molecule has 2 aromatic carbocycles. The summed E-state index contributed by atoms with van der Waals surface area (Å²) in [6, 6.07) is 14.1. The van der Waals surface area contributed by atoms with E-state index in [-0.39, 0.29) is 13.2 Å². The predicted molar refractivity (Wildman–Crippen MR) is 126 cm³/mol. The summed E-state index contributed by atoms with van der Waals surface area (Å²) in [4.78, 5) is 57.4. The number of carbonyl (C=O) groups is 4. The third kappa shape index (κ3) is 3.04. The largest absolute Gasteiger partial charge is 0.466 e. The maximum atomic E-state index is 14.2. The molecule has 0 bridgehead atoms. The van der Waals surface area contributed by atoms with Gasteiger partial charge in [0.05, 0.1) is 26.1 Å². The molecule has 0 radical (unpaired) electrons. The van der Waals surface area contributed by atoms with Gasteiger partial charge in [0.25, 0.3) is 0 Å². The van der Waals surface area contributed by atoms with Crippen molar-refractivity contribution < 1.29 is 28.7 Å². The van der Waals surface area contributed by atoms with Gasteiger partial charge in [-0.2, -0.15) is 0 Å². The zero-order valence-electron chi connectivity index (χ0n) is 19.8. The first-order chi connectivity index (χ1) is 16.3. The molecular weight excluding hydrogens is 436 g/mol. The molecule has 34 heavy (non-hydrogen) atoms. The first-order valence-electron chi connectivity index (χ1n) is 11.3. The molecule has 178 valence electrons. The lowest BCUT2D eigenvalue weighted by molar-refractivity contribution is -0.154. The van der Waals surface area contributed by atoms with Crippen LogP contribution in [-0.4, -0.2) is 51.1 Å². The fourth-order valence-electron chi connectivity index (χ4n) is 5.60. The van der Waals surface area contributed by atoms with Crippen LogP contribution in [0.25, 0.3) is 0 Å². The zero-order chi connectivity index (χ0) is 24.7. The highest BCUT2D eigenvalue weighted by atomic mass is 16.5. The molecule has 0 unspecified atom stereocenters. The molecule has 8 nitrogen and oxygen atoms in total. The number of carbonyl (C=O) groups excluding carboxylic acids is 4. The van der Waals surface area contributed by atoms with E-state index in [1.807, 2.05) is 0 Å². The number of hydrogen-bond donors (Lipinski definition) is 0. The van der Waals surface area contributed by atoms with E-state index in [0.29, 0.717) is 22.5 Å². The van der Waals surface area contributed by atoms with Gasteiger partial charge in [-0.15, -0.1) is 0 Å². The van der Waals surface area contributed by atoms with Crippen molar-refractivity contribution in [1.29, 1.82) is 0 Å². The third-order valence-corrected chi connectivity index (χ3v) is 6.95. The number of likely N-dealkylation sites (N-methyl/N-ethyl adjacent to an activating group) is 2. The quantitative estimate of drug-likeness (QED) is 0.585. The summed E-state index contributed by atoms with van der Waals surface area (Å²) in [6.45, 7) is 3.60. The van der Waals surface area contributed by atoms with Gasteiger partial charge in [-0.3, -0.25) is 19.2 Å². The summed E-state index contributed by atoms with van der Waals surface area (Å²) in [5.74, 6) is -2.12. The van der Waals surface area contributed by atoms with Crippen LogP contribution in [0, 0.1) is 0 Å². The number of hydrogen-bond acceptors (Lipinski definition) is 6. The van der Waals surface area contributed by atoms with Gasteiger partial charge in [0.15, 0.2) is 0 Å². The molecule has 2 aliphatic rings. The lowest BCUT2D eigenvalue weighted by atomic mass is 9.54. The molecule has 0 saturated heterocycles. The van der Waals surface area contributed by atoms with Crippen molar-refractivity contribution in [2.45, 2.75) is 37.5 Å². The molecule has 2 atom stereocenters. The van der Waals surface area contributed by atoms with Gasteiger partial charge in [-0.05, 0) is 37.1 Å². The molecular formula is C26H28N2O6. The van der Waals surface area contributed by atoms with E-state index in [1.165, 1.54) is 9.80 Å². The zero-order valence-corrected chi connectivity index (χ0v) is 19.8. The fraction of sp³-hybridized carbons (Fsp3) is 0.385. The predicted octanol–water partition coefficient (Wildman–Crippen LogP) is 2.72. The summed E-state index contributed by atoms with van der Waals surface area (Å²) >= 11 is 0. The molecule has 0 aromatic heterocycles. The van der Waals surface area contributed by atoms with E-state index in [0.717, 1.165) is 0 Å². The van der Waals surface area contributed by atoms with Gasteiger partial charge >= 0.3 is 11.9 Å². The minimum Gasteiger partial charge on any atom is -0.466 e. The standard InChI is InChI=1S/C26H28N2O6/c1-5-33-21(29)15-25(17-11-7-9-13-19(17)27(3)23(25)31)26(16-22(30)34-6-2)18-12-8-10-14-20(18)28(4)24(26)32/h7-14H,5-6,15-16H2,1-4H3/t25-,26-/m1/s1. The average molecular weight is 465 g/mol. The molecule has 2 amide bonds. The second-order valence-electron chi connectivity index (χ2n) is 8.54. The van der Waals surface area contributed by atoms with Crippen LogP contribution in [0.15, 0.2) is 48.5 Å². The Morgan fingerprint density at radius 3 is 1.41 bits per heavy atom. The number of benzene rings is 2. The van der Waals surface area contributed by atoms with Crippen LogP contribution in [0.1, 0.15) is 37.8 Å². The Hall–Kier alpha value is -3.68. The number of rotatable bonds is 7. The van der Waals surface area contributed by atoms with E-state index in [9.17, 15) is 19.2 Å². The molecule has 0 saturated carbocycles. The molecule has 2 aliphatic heterocycles. The van der Waals surface area contributed by atoms with Gasteiger partial charge in [0, 0.05) is 25.5 Å². The van der Waals surface area contributed by atoms with Crippen molar-refractivity contribution in [1.82, 2.24) is 0 Å². The van der Waals surface area contributed by atoms with Crippen molar-refractivity contribution in [2.24, 2.45) is 0 Å². The second kappa shape index (κ2) is 8.59.